The molecule has 0 unspecified atom stereocenters. The van der Waals surface area contributed by atoms with Gasteiger partial charge in [-0.3, -0.25) is 9.59 Å². The molecule has 2 amide bonds. The molecule has 2 heterocycles. The third-order valence-corrected chi connectivity index (χ3v) is 7.91. The summed E-state index contributed by atoms with van der Waals surface area (Å²) in [5.74, 6) is -0.310. The highest BCUT2D eigenvalue weighted by atomic mass is 16.5. The Bertz CT molecular complexity index is 1400. The van der Waals surface area contributed by atoms with E-state index in [0.29, 0.717) is 39.5 Å². The van der Waals surface area contributed by atoms with Crippen LogP contribution in [-0.2, 0) is 35.9 Å². The summed E-state index contributed by atoms with van der Waals surface area (Å²) >= 11 is 0. The second-order valence-corrected chi connectivity index (χ2v) is 12.3. The summed E-state index contributed by atoms with van der Waals surface area (Å²) in [6.07, 6.45) is 3.23. The SMILES string of the molecule is CCCCOCCOCCNC(=O)CCC(=O)N1Cc2ccccc2-c2c(nnn2C(C)(C)CCOC(C)C)-c2ccccc21. The molecule has 45 heavy (non-hydrogen) atoms. The van der Waals surface area contributed by atoms with E-state index >= 15 is 0 Å². The lowest BCUT2D eigenvalue weighted by atomic mass is 9.93. The van der Waals surface area contributed by atoms with Crippen LogP contribution in [0.2, 0.25) is 0 Å². The van der Waals surface area contributed by atoms with E-state index in [-0.39, 0.29) is 36.3 Å². The number of aromatic nitrogens is 3. The number of hydrogen-bond acceptors (Lipinski definition) is 7. The molecule has 3 aromatic rings. The first-order valence-electron chi connectivity index (χ1n) is 16.2. The molecule has 1 aliphatic rings. The quantitative estimate of drug-likeness (QED) is 0.192. The lowest BCUT2D eigenvalue weighted by molar-refractivity contribution is -0.125. The van der Waals surface area contributed by atoms with Gasteiger partial charge in [-0.1, -0.05) is 61.0 Å². The zero-order valence-corrected chi connectivity index (χ0v) is 27.5. The van der Waals surface area contributed by atoms with Crippen molar-refractivity contribution >= 4 is 17.5 Å². The molecule has 0 bridgehead atoms. The van der Waals surface area contributed by atoms with Crippen molar-refractivity contribution in [1.82, 2.24) is 20.3 Å². The molecule has 0 fully saturated rings. The minimum absolute atomic E-state index is 0.0802. The molecule has 0 saturated carbocycles. The summed E-state index contributed by atoms with van der Waals surface area (Å²) in [5, 5.41) is 12.2. The van der Waals surface area contributed by atoms with E-state index in [0.717, 1.165) is 59.6 Å². The normalized spacial score (nSPS) is 12.7. The summed E-state index contributed by atoms with van der Waals surface area (Å²) in [7, 11) is 0. The number of unbranched alkanes of at least 4 members (excludes halogenated alkanes) is 1. The van der Waals surface area contributed by atoms with E-state index in [9.17, 15) is 9.59 Å². The number of carbonyl (C=O) groups is 2. The number of para-hydroxylation sites is 1. The minimum atomic E-state index is -0.368. The fraction of sp³-hybridized carbons (Fsp3) is 0.543. The van der Waals surface area contributed by atoms with Crippen LogP contribution in [0.15, 0.2) is 48.5 Å². The number of anilines is 1. The molecule has 244 valence electrons. The molecule has 0 saturated heterocycles. The van der Waals surface area contributed by atoms with Crippen molar-refractivity contribution in [2.24, 2.45) is 0 Å². The van der Waals surface area contributed by atoms with Crippen LogP contribution in [0.4, 0.5) is 5.69 Å². The average Bonchev–Trinajstić information content (AvgIpc) is 3.46. The first-order chi connectivity index (χ1) is 21.7. The second kappa shape index (κ2) is 16.6. The molecule has 0 radical (unpaired) electrons. The van der Waals surface area contributed by atoms with Crippen molar-refractivity contribution in [1.29, 1.82) is 0 Å². The molecule has 0 atom stereocenters. The first-order valence-corrected chi connectivity index (χ1v) is 16.2. The lowest BCUT2D eigenvalue weighted by Gasteiger charge is -2.31. The van der Waals surface area contributed by atoms with Gasteiger partial charge in [-0.25, -0.2) is 4.68 Å². The Labute approximate surface area is 267 Å². The topological polar surface area (TPSA) is 108 Å². The predicted octanol–water partition coefficient (Wildman–Crippen LogP) is 5.74. The van der Waals surface area contributed by atoms with Crippen LogP contribution >= 0.6 is 0 Å². The summed E-state index contributed by atoms with van der Waals surface area (Å²) in [5.41, 5.74) is 4.83. The van der Waals surface area contributed by atoms with Gasteiger partial charge in [-0.15, -0.1) is 5.10 Å². The van der Waals surface area contributed by atoms with E-state index in [1.165, 1.54) is 0 Å². The molecule has 2 aromatic carbocycles. The van der Waals surface area contributed by atoms with Gasteiger partial charge in [-0.2, -0.15) is 0 Å². The van der Waals surface area contributed by atoms with Crippen LogP contribution in [0.5, 0.6) is 0 Å². The predicted molar refractivity (Wildman–Crippen MR) is 176 cm³/mol. The number of carbonyl (C=O) groups excluding carboxylic acids is 2. The van der Waals surface area contributed by atoms with E-state index in [1.54, 1.807) is 4.90 Å². The van der Waals surface area contributed by atoms with Gasteiger partial charge in [0.15, 0.2) is 0 Å². The van der Waals surface area contributed by atoms with Crippen molar-refractivity contribution in [2.75, 3.05) is 44.5 Å². The van der Waals surface area contributed by atoms with E-state index < -0.39 is 0 Å². The van der Waals surface area contributed by atoms with Crippen molar-refractivity contribution in [3.05, 3.63) is 54.1 Å². The van der Waals surface area contributed by atoms with Crippen LogP contribution in [-0.4, -0.2) is 72.5 Å². The fourth-order valence-corrected chi connectivity index (χ4v) is 5.33. The summed E-state index contributed by atoms with van der Waals surface area (Å²) in [6, 6.07) is 15.9. The Hall–Kier alpha value is -3.60. The number of amides is 2. The first kappa shape index (κ1) is 34.3. The number of nitrogens with one attached hydrogen (secondary N) is 1. The standard InChI is InChI=1S/C35H49N5O5/c1-6-7-20-43-23-24-44-22-19-36-31(41)16-17-32(42)39-25-27-12-8-9-13-28(27)34-33(29-14-10-11-15-30(29)39)37-38-40(34)35(4,5)18-21-45-26(2)3/h8-15,26H,6-7,16-25H2,1-5H3,(H,36,41). The Balaban J connectivity index is 1.48. The Morgan fingerprint density at radius 2 is 1.64 bits per heavy atom. The highest BCUT2D eigenvalue weighted by Crippen LogP contribution is 2.43. The van der Waals surface area contributed by atoms with Gasteiger partial charge in [0.25, 0.3) is 0 Å². The number of benzene rings is 2. The molecule has 10 nitrogen and oxygen atoms in total. The molecule has 1 N–H and O–H groups in total. The maximum Gasteiger partial charge on any atom is 0.227 e. The number of rotatable bonds is 17. The van der Waals surface area contributed by atoms with Crippen molar-refractivity contribution in [3.63, 3.8) is 0 Å². The Kier molecular flexibility index (Phi) is 12.7. The zero-order chi connectivity index (χ0) is 32.2. The van der Waals surface area contributed by atoms with Crippen molar-refractivity contribution < 1.29 is 23.8 Å². The van der Waals surface area contributed by atoms with Crippen LogP contribution in [0.25, 0.3) is 22.5 Å². The van der Waals surface area contributed by atoms with Crippen LogP contribution in [0.3, 0.4) is 0 Å². The van der Waals surface area contributed by atoms with Gasteiger partial charge in [0.05, 0.1) is 49.4 Å². The van der Waals surface area contributed by atoms with E-state index in [1.807, 2.05) is 61.0 Å². The molecule has 10 heteroatoms. The van der Waals surface area contributed by atoms with Crippen LogP contribution < -0.4 is 10.2 Å². The van der Waals surface area contributed by atoms with E-state index in [4.69, 9.17) is 19.3 Å². The lowest BCUT2D eigenvalue weighted by Crippen LogP contribution is -2.34. The third kappa shape index (κ3) is 9.22. The second-order valence-electron chi connectivity index (χ2n) is 12.3. The number of nitrogens with zero attached hydrogens (tertiary/aromatic N) is 4. The Morgan fingerprint density at radius 1 is 0.933 bits per heavy atom. The summed E-state index contributed by atoms with van der Waals surface area (Å²) < 4.78 is 18.9. The van der Waals surface area contributed by atoms with Gasteiger partial charge in [0.2, 0.25) is 11.8 Å². The summed E-state index contributed by atoms with van der Waals surface area (Å²) in [4.78, 5) is 28.1. The van der Waals surface area contributed by atoms with Gasteiger partial charge in [0, 0.05) is 43.7 Å². The molecule has 1 aliphatic heterocycles. The average molecular weight is 620 g/mol. The summed E-state index contributed by atoms with van der Waals surface area (Å²) in [6.45, 7) is 14.0. The smallest absolute Gasteiger partial charge is 0.227 e. The maximum absolute atomic E-state index is 13.8. The molecule has 1 aromatic heterocycles. The zero-order valence-electron chi connectivity index (χ0n) is 27.5. The van der Waals surface area contributed by atoms with Gasteiger partial charge >= 0.3 is 0 Å². The highest BCUT2D eigenvalue weighted by Gasteiger charge is 2.33. The number of ether oxygens (including phenoxy) is 3. The van der Waals surface area contributed by atoms with Crippen molar-refractivity contribution in [2.45, 2.75) is 84.9 Å². The van der Waals surface area contributed by atoms with Crippen LogP contribution in [0.1, 0.15) is 72.3 Å². The molecular formula is C35H49N5O5. The largest absolute Gasteiger partial charge is 0.379 e. The molecule has 0 spiro atoms. The molecule has 4 rings (SSSR count). The van der Waals surface area contributed by atoms with Gasteiger partial charge in [0.1, 0.15) is 5.69 Å². The molecule has 0 aliphatic carbocycles. The number of fused-ring (bicyclic) bond motifs is 5. The third-order valence-electron chi connectivity index (χ3n) is 7.91. The van der Waals surface area contributed by atoms with Crippen molar-refractivity contribution in [3.8, 4) is 22.5 Å². The highest BCUT2D eigenvalue weighted by molar-refractivity contribution is 6.01. The monoisotopic (exact) mass is 619 g/mol. The number of hydrogen-bond donors (Lipinski definition) is 1. The van der Waals surface area contributed by atoms with Crippen LogP contribution in [0, 0.1) is 0 Å². The van der Waals surface area contributed by atoms with Gasteiger partial charge in [-0.05, 0) is 52.2 Å². The minimum Gasteiger partial charge on any atom is -0.379 e. The Morgan fingerprint density at radius 3 is 2.40 bits per heavy atom. The van der Waals surface area contributed by atoms with E-state index in [2.05, 4.69) is 37.4 Å². The molecular weight excluding hydrogens is 570 g/mol. The van der Waals surface area contributed by atoms with Gasteiger partial charge < -0.3 is 24.4 Å². The maximum atomic E-state index is 13.8. The fourth-order valence-electron chi connectivity index (χ4n) is 5.33.